The molecule has 4 nitrogen and oxygen atoms in total. The second-order valence-corrected chi connectivity index (χ2v) is 12.6. The highest BCUT2D eigenvalue weighted by Gasteiger charge is 2.62. The molecule has 172 valence electrons. The molecule has 4 atom stereocenters. The monoisotopic (exact) mass is 453 g/mol. The smallest absolute Gasteiger partial charge is 0.297 e. The van der Waals surface area contributed by atoms with Crippen molar-refractivity contribution in [1.82, 2.24) is 0 Å². The minimum absolute atomic E-state index is 0.184. The highest BCUT2D eigenvalue weighted by Crippen LogP contribution is 2.70. The molecule has 0 heterocycles. The van der Waals surface area contributed by atoms with Gasteiger partial charge in [0.15, 0.2) is 0 Å². The molecule has 3 fully saturated rings. The van der Waals surface area contributed by atoms with Crippen LogP contribution in [0, 0.1) is 28.6 Å². The molecule has 32 heavy (non-hydrogen) atoms. The fraction of sp³-hybridized carbons (Fsp3) is 0.556. The van der Waals surface area contributed by atoms with Crippen LogP contribution in [0.1, 0.15) is 46.0 Å². The summed E-state index contributed by atoms with van der Waals surface area (Å²) in [6, 6.07) is 11.2. The molecule has 0 N–H and O–H groups in total. The predicted molar refractivity (Wildman–Crippen MR) is 130 cm³/mol. The van der Waals surface area contributed by atoms with E-state index in [0.717, 1.165) is 29.3 Å². The molecule has 2 aromatic carbocycles. The highest BCUT2D eigenvalue weighted by molar-refractivity contribution is 7.87. The maximum Gasteiger partial charge on any atom is 0.297 e. The third-order valence-electron chi connectivity index (χ3n) is 9.20. The molecule has 2 bridgehead atoms. The van der Waals surface area contributed by atoms with Crippen molar-refractivity contribution in [3.63, 3.8) is 0 Å². The first-order valence-electron chi connectivity index (χ1n) is 11.9. The average Bonchev–Trinajstić information content (AvgIpc) is 3.34. The predicted octanol–water partition coefficient (Wildman–Crippen LogP) is 6.02. The Morgan fingerprint density at radius 1 is 1.06 bits per heavy atom. The maximum atomic E-state index is 13.4. The molecule has 5 heteroatoms. The van der Waals surface area contributed by atoms with Gasteiger partial charge in [0, 0.05) is 30.6 Å². The van der Waals surface area contributed by atoms with Crippen molar-refractivity contribution in [1.29, 1.82) is 0 Å². The largest absolute Gasteiger partial charge is 0.377 e. The van der Waals surface area contributed by atoms with Crippen LogP contribution in [0.5, 0.6) is 0 Å². The minimum Gasteiger partial charge on any atom is -0.377 e. The quantitative estimate of drug-likeness (QED) is 0.410. The van der Waals surface area contributed by atoms with Crippen LogP contribution in [-0.2, 0) is 14.3 Å². The number of rotatable bonds is 5. The van der Waals surface area contributed by atoms with E-state index in [-0.39, 0.29) is 28.3 Å². The lowest BCUT2D eigenvalue weighted by Crippen LogP contribution is -2.42. The van der Waals surface area contributed by atoms with Crippen LogP contribution in [0.15, 0.2) is 53.4 Å². The fourth-order valence-corrected chi connectivity index (χ4v) is 8.39. The van der Waals surface area contributed by atoms with Crippen molar-refractivity contribution in [2.24, 2.45) is 28.6 Å². The van der Waals surface area contributed by atoms with Gasteiger partial charge in [-0.1, -0.05) is 50.3 Å². The second kappa shape index (κ2) is 7.33. The topological polar surface area (TPSA) is 46.6 Å². The van der Waals surface area contributed by atoms with Gasteiger partial charge in [-0.2, -0.15) is 8.42 Å². The van der Waals surface area contributed by atoms with Crippen LogP contribution in [0.2, 0.25) is 0 Å². The molecule has 1 spiro atoms. The van der Waals surface area contributed by atoms with Crippen LogP contribution in [0.25, 0.3) is 10.8 Å². The van der Waals surface area contributed by atoms with Crippen LogP contribution in [0.4, 0.5) is 5.69 Å². The number of allylic oxidation sites excluding steroid dienone is 1. The van der Waals surface area contributed by atoms with Crippen molar-refractivity contribution in [3.8, 4) is 0 Å². The lowest BCUT2D eigenvalue weighted by Gasteiger charge is -2.49. The van der Waals surface area contributed by atoms with Crippen LogP contribution >= 0.6 is 0 Å². The first-order chi connectivity index (χ1) is 15.1. The molecule has 2 aromatic rings. The Kier molecular flexibility index (Phi) is 5.03. The molecule has 0 amide bonds. The summed E-state index contributed by atoms with van der Waals surface area (Å²) in [6.45, 7) is 9.52. The molecule has 0 unspecified atom stereocenters. The van der Waals surface area contributed by atoms with Gasteiger partial charge in [-0.3, -0.25) is 4.18 Å². The Hall–Kier alpha value is -1.85. The normalized spacial score (nSPS) is 31.1. The SMILES string of the molecule is C=C1[C@H]2CC[C@H](COS(=O)(=O)c3cccc4c(N(C)C)cccc34)[C@@]23CC[C@H](C3)C1(C)C. The summed E-state index contributed by atoms with van der Waals surface area (Å²) in [5.74, 6) is 1.45. The van der Waals surface area contributed by atoms with Gasteiger partial charge in [-0.25, -0.2) is 0 Å². The zero-order valence-electron chi connectivity index (χ0n) is 19.7. The van der Waals surface area contributed by atoms with Gasteiger partial charge in [0.1, 0.15) is 4.90 Å². The molecule has 5 rings (SSSR count). The summed E-state index contributed by atoms with van der Waals surface area (Å²) < 4.78 is 32.5. The summed E-state index contributed by atoms with van der Waals surface area (Å²) in [7, 11) is 0.0841. The number of anilines is 1. The van der Waals surface area contributed by atoms with E-state index in [1.54, 1.807) is 6.07 Å². The molecular weight excluding hydrogens is 418 g/mol. The Morgan fingerprint density at radius 3 is 2.53 bits per heavy atom. The maximum absolute atomic E-state index is 13.4. The van der Waals surface area contributed by atoms with Gasteiger partial charge >= 0.3 is 0 Å². The molecule has 3 aliphatic rings. The third-order valence-corrected chi connectivity index (χ3v) is 10.5. The minimum atomic E-state index is -3.85. The third kappa shape index (κ3) is 3.07. The lowest BCUT2D eigenvalue weighted by atomic mass is 9.56. The molecule has 3 aliphatic carbocycles. The van der Waals surface area contributed by atoms with Gasteiger partial charge in [0.25, 0.3) is 10.1 Å². The van der Waals surface area contributed by atoms with E-state index in [1.165, 1.54) is 24.8 Å². The van der Waals surface area contributed by atoms with Crippen molar-refractivity contribution >= 4 is 26.6 Å². The van der Waals surface area contributed by atoms with E-state index in [2.05, 4.69) is 20.4 Å². The zero-order valence-corrected chi connectivity index (χ0v) is 20.5. The van der Waals surface area contributed by atoms with Crippen molar-refractivity contribution in [2.75, 3.05) is 25.6 Å². The summed E-state index contributed by atoms with van der Waals surface area (Å²) in [5.41, 5.74) is 2.77. The molecular formula is C27H35NO3S. The van der Waals surface area contributed by atoms with Gasteiger partial charge in [0.2, 0.25) is 0 Å². The Bertz CT molecular complexity index is 1180. The highest BCUT2D eigenvalue weighted by atomic mass is 32.2. The van der Waals surface area contributed by atoms with Gasteiger partial charge in [-0.05, 0) is 72.8 Å². The summed E-state index contributed by atoms with van der Waals surface area (Å²) in [6.07, 6.45) is 5.74. The average molecular weight is 454 g/mol. The molecule has 0 aromatic heterocycles. The van der Waals surface area contributed by atoms with E-state index < -0.39 is 10.1 Å². The first kappa shape index (κ1) is 22.0. The van der Waals surface area contributed by atoms with E-state index in [4.69, 9.17) is 4.18 Å². The van der Waals surface area contributed by atoms with Crippen LogP contribution < -0.4 is 4.90 Å². The Balaban J connectivity index is 1.42. The number of fused-ring (bicyclic) bond motifs is 2. The van der Waals surface area contributed by atoms with Crippen LogP contribution in [0.3, 0.4) is 0 Å². The van der Waals surface area contributed by atoms with E-state index in [0.29, 0.717) is 11.8 Å². The number of hydrogen-bond donors (Lipinski definition) is 0. The van der Waals surface area contributed by atoms with Crippen molar-refractivity contribution < 1.29 is 12.6 Å². The Morgan fingerprint density at radius 2 is 1.78 bits per heavy atom. The number of benzene rings is 2. The summed E-state index contributed by atoms with van der Waals surface area (Å²) in [4.78, 5) is 2.27. The first-order valence-corrected chi connectivity index (χ1v) is 13.3. The van der Waals surface area contributed by atoms with Crippen molar-refractivity contribution in [2.45, 2.75) is 50.8 Å². The van der Waals surface area contributed by atoms with E-state index in [9.17, 15) is 8.42 Å². The van der Waals surface area contributed by atoms with Crippen molar-refractivity contribution in [3.05, 3.63) is 48.6 Å². The van der Waals surface area contributed by atoms with Gasteiger partial charge in [0.05, 0.1) is 6.61 Å². The van der Waals surface area contributed by atoms with E-state index in [1.807, 2.05) is 49.3 Å². The second-order valence-electron chi connectivity index (χ2n) is 11.0. The van der Waals surface area contributed by atoms with E-state index >= 15 is 0 Å². The fourth-order valence-electron chi connectivity index (χ4n) is 7.23. The molecule has 0 aliphatic heterocycles. The van der Waals surface area contributed by atoms with Gasteiger partial charge < -0.3 is 4.90 Å². The zero-order chi connectivity index (χ0) is 22.9. The summed E-state index contributed by atoms with van der Waals surface area (Å²) >= 11 is 0. The van der Waals surface area contributed by atoms with Gasteiger partial charge in [-0.15, -0.1) is 0 Å². The summed E-state index contributed by atoms with van der Waals surface area (Å²) in [5, 5.41) is 1.64. The molecule has 0 saturated heterocycles. The number of nitrogens with zero attached hydrogens (tertiary/aromatic N) is 1. The lowest BCUT2D eigenvalue weighted by molar-refractivity contribution is 0.0588. The molecule has 3 saturated carbocycles. The Labute approximate surface area is 192 Å². The molecule has 0 radical (unpaired) electrons. The number of hydrogen-bond acceptors (Lipinski definition) is 4. The van der Waals surface area contributed by atoms with Crippen LogP contribution in [-0.4, -0.2) is 29.1 Å². The standard InChI is InChI=1S/C27H35NO3S/c1-18-23-13-12-20(27(23)15-14-19(16-27)26(18,2)3)17-31-32(29,30)25-11-7-8-21-22(25)9-6-10-24(21)28(4)5/h6-11,19-20,23H,1,12-17H2,2-5H3/t19-,20-,23-,27+/m1/s1.